The molecule has 0 fully saturated rings. The molecule has 0 bridgehead atoms. The fourth-order valence-electron chi connectivity index (χ4n) is 2.78. The average molecular weight is 448 g/mol. The van der Waals surface area contributed by atoms with Gasteiger partial charge in [-0.1, -0.05) is 29.5 Å². The largest absolute Gasteiger partial charge is 0.416 e. The maximum Gasteiger partial charge on any atom is 0.416 e. The van der Waals surface area contributed by atoms with Crippen LogP contribution in [0.1, 0.15) is 27.5 Å². The predicted octanol–water partition coefficient (Wildman–Crippen LogP) is 5.53. The van der Waals surface area contributed by atoms with Crippen molar-refractivity contribution in [1.29, 1.82) is 0 Å². The zero-order valence-corrected chi connectivity index (χ0v) is 17.4. The number of aromatic amines is 1. The van der Waals surface area contributed by atoms with Gasteiger partial charge in [-0.3, -0.25) is 0 Å². The molecule has 0 aliphatic heterocycles. The monoisotopic (exact) mass is 447 g/mol. The van der Waals surface area contributed by atoms with E-state index < -0.39 is 11.7 Å². The molecule has 0 unspecified atom stereocenters. The standard InChI is InChI=1S/C20H16F3N5S2/c1-12-17(30-19(24-12)14-4-6-15(7-5-14)20(21,22)23)11-29-16-8-2-13(3-9-16)10-18-25-27-28-26-18/h2-9H,10-11H2,1H3,(H,25,26,27,28). The minimum absolute atomic E-state index is 0.617. The van der Waals surface area contributed by atoms with Gasteiger partial charge in [0.2, 0.25) is 0 Å². The average Bonchev–Trinajstić information content (AvgIpc) is 3.36. The van der Waals surface area contributed by atoms with Crippen LogP contribution in [0.3, 0.4) is 0 Å². The van der Waals surface area contributed by atoms with Crippen molar-refractivity contribution in [3.63, 3.8) is 0 Å². The second-order valence-corrected chi connectivity index (χ2v) is 8.67. The molecule has 4 rings (SSSR count). The number of thiazole rings is 1. The molecule has 0 saturated heterocycles. The summed E-state index contributed by atoms with van der Waals surface area (Å²) in [4.78, 5) is 6.77. The number of alkyl halides is 3. The highest BCUT2D eigenvalue weighted by atomic mass is 32.2. The van der Waals surface area contributed by atoms with Crippen LogP contribution < -0.4 is 0 Å². The number of aryl methyl sites for hydroxylation is 1. The van der Waals surface area contributed by atoms with E-state index >= 15 is 0 Å². The fraction of sp³-hybridized carbons (Fsp3) is 0.200. The third kappa shape index (κ3) is 4.88. The third-order valence-electron chi connectivity index (χ3n) is 4.40. The molecular formula is C20H16F3N5S2. The molecule has 0 spiro atoms. The zero-order chi connectivity index (χ0) is 21.1. The maximum absolute atomic E-state index is 12.7. The molecule has 5 nitrogen and oxygen atoms in total. The summed E-state index contributed by atoms with van der Waals surface area (Å²) in [6.07, 6.45) is -3.72. The first-order chi connectivity index (χ1) is 14.4. The zero-order valence-electron chi connectivity index (χ0n) is 15.8. The van der Waals surface area contributed by atoms with E-state index in [1.807, 2.05) is 31.2 Å². The Balaban J connectivity index is 1.40. The van der Waals surface area contributed by atoms with Crippen LogP contribution in [0.5, 0.6) is 0 Å². The van der Waals surface area contributed by atoms with Gasteiger partial charge in [0.05, 0.1) is 11.3 Å². The van der Waals surface area contributed by atoms with Crippen LogP contribution in [0.15, 0.2) is 53.4 Å². The second-order valence-electron chi connectivity index (χ2n) is 6.54. The number of rotatable bonds is 6. The predicted molar refractivity (Wildman–Crippen MR) is 110 cm³/mol. The van der Waals surface area contributed by atoms with E-state index in [1.165, 1.54) is 23.5 Å². The Labute approximate surface area is 178 Å². The number of nitrogens with zero attached hydrogens (tertiary/aromatic N) is 4. The Morgan fingerprint density at radius 3 is 2.40 bits per heavy atom. The van der Waals surface area contributed by atoms with E-state index in [0.717, 1.165) is 43.9 Å². The highest BCUT2D eigenvalue weighted by molar-refractivity contribution is 7.98. The van der Waals surface area contributed by atoms with E-state index in [0.29, 0.717) is 17.8 Å². The first kappa shape index (κ1) is 20.5. The lowest BCUT2D eigenvalue weighted by Crippen LogP contribution is -2.03. The summed E-state index contributed by atoms with van der Waals surface area (Å²) in [5, 5.41) is 14.6. The number of H-pyrrole nitrogens is 1. The second kappa shape index (κ2) is 8.57. The van der Waals surface area contributed by atoms with Gasteiger partial charge in [-0.05, 0) is 36.8 Å². The van der Waals surface area contributed by atoms with Gasteiger partial charge in [0.1, 0.15) is 5.01 Å². The Morgan fingerprint density at radius 1 is 1.03 bits per heavy atom. The van der Waals surface area contributed by atoms with Crippen molar-refractivity contribution in [3.8, 4) is 10.6 Å². The lowest BCUT2D eigenvalue weighted by molar-refractivity contribution is -0.137. The summed E-state index contributed by atoms with van der Waals surface area (Å²) in [5.41, 5.74) is 2.03. The number of nitrogens with one attached hydrogen (secondary N) is 1. The smallest absolute Gasteiger partial charge is 0.241 e. The van der Waals surface area contributed by atoms with Gasteiger partial charge in [0.25, 0.3) is 0 Å². The molecule has 2 aromatic carbocycles. The normalized spacial score (nSPS) is 11.7. The lowest BCUT2D eigenvalue weighted by Gasteiger charge is -2.06. The van der Waals surface area contributed by atoms with E-state index in [4.69, 9.17) is 0 Å². The molecule has 10 heteroatoms. The van der Waals surface area contributed by atoms with Crippen molar-refractivity contribution in [3.05, 3.63) is 76.1 Å². The maximum atomic E-state index is 12.7. The van der Waals surface area contributed by atoms with Crippen LogP contribution in [0.2, 0.25) is 0 Å². The van der Waals surface area contributed by atoms with E-state index in [-0.39, 0.29) is 0 Å². The number of hydrogen-bond donors (Lipinski definition) is 1. The summed E-state index contributed by atoms with van der Waals surface area (Å²) in [5.74, 6) is 1.39. The fourth-order valence-corrected chi connectivity index (χ4v) is 4.89. The highest BCUT2D eigenvalue weighted by Crippen LogP contribution is 2.35. The number of benzene rings is 2. The number of hydrogen-bond acceptors (Lipinski definition) is 6. The van der Waals surface area contributed by atoms with Gasteiger partial charge >= 0.3 is 6.18 Å². The molecule has 4 aromatic rings. The quantitative estimate of drug-likeness (QED) is 0.394. The number of thioether (sulfide) groups is 1. The molecule has 30 heavy (non-hydrogen) atoms. The van der Waals surface area contributed by atoms with Crippen molar-refractivity contribution in [2.45, 2.75) is 30.2 Å². The summed E-state index contributed by atoms with van der Waals surface area (Å²) in [6.45, 7) is 1.92. The summed E-state index contributed by atoms with van der Waals surface area (Å²) in [7, 11) is 0. The van der Waals surface area contributed by atoms with E-state index in [9.17, 15) is 13.2 Å². The third-order valence-corrected chi connectivity index (χ3v) is 6.82. The Morgan fingerprint density at radius 2 is 1.77 bits per heavy atom. The lowest BCUT2D eigenvalue weighted by atomic mass is 10.1. The molecule has 0 saturated carbocycles. The van der Waals surface area contributed by atoms with Gasteiger partial charge in [-0.15, -0.1) is 33.3 Å². The van der Waals surface area contributed by atoms with Gasteiger partial charge < -0.3 is 0 Å². The molecule has 0 atom stereocenters. The summed E-state index contributed by atoms with van der Waals surface area (Å²) >= 11 is 3.20. The first-order valence-electron chi connectivity index (χ1n) is 8.96. The minimum Gasteiger partial charge on any atom is -0.241 e. The Kier molecular flexibility index (Phi) is 5.87. The minimum atomic E-state index is -4.33. The molecule has 0 amide bonds. The molecule has 2 heterocycles. The van der Waals surface area contributed by atoms with Gasteiger partial charge in [0, 0.05) is 27.5 Å². The van der Waals surface area contributed by atoms with Crippen LogP contribution in [0, 0.1) is 6.92 Å². The topological polar surface area (TPSA) is 67.3 Å². The van der Waals surface area contributed by atoms with Crippen molar-refractivity contribution in [2.75, 3.05) is 0 Å². The SMILES string of the molecule is Cc1nc(-c2ccc(C(F)(F)F)cc2)sc1CSc1ccc(Cc2nn[nH]n2)cc1. The molecule has 2 aromatic heterocycles. The van der Waals surface area contributed by atoms with Gasteiger partial charge in [-0.25, -0.2) is 4.98 Å². The van der Waals surface area contributed by atoms with Gasteiger partial charge in [0.15, 0.2) is 5.82 Å². The molecule has 154 valence electrons. The van der Waals surface area contributed by atoms with Crippen LogP contribution in [0.25, 0.3) is 10.6 Å². The number of aromatic nitrogens is 5. The van der Waals surface area contributed by atoms with Crippen LogP contribution in [-0.2, 0) is 18.3 Å². The number of halogens is 3. The van der Waals surface area contributed by atoms with Crippen molar-refractivity contribution >= 4 is 23.1 Å². The van der Waals surface area contributed by atoms with E-state index in [1.54, 1.807) is 11.8 Å². The van der Waals surface area contributed by atoms with Gasteiger partial charge in [-0.2, -0.15) is 18.4 Å². The van der Waals surface area contributed by atoms with Crippen molar-refractivity contribution in [1.82, 2.24) is 25.6 Å². The molecule has 1 N–H and O–H groups in total. The molecule has 0 radical (unpaired) electrons. The highest BCUT2D eigenvalue weighted by Gasteiger charge is 2.30. The summed E-state index contributed by atoms with van der Waals surface area (Å²) < 4.78 is 38.2. The molecule has 0 aliphatic rings. The first-order valence-corrected chi connectivity index (χ1v) is 10.8. The Bertz CT molecular complexity index is 1110. The Hall–Kier alpha value is -2.72. The van der Waals surface area contributed by atoms with E-state index in [2.05, 4.69) is 25.6 Å². The van der Waals surface area contributed by atoms with Crippen molar-refractivity contribution in [2.24, 2.45) is 0 Å². The van der Waals surface area contributed by atoms with Crippen LogP contribution >= 0.6 is 23.1 Å². The van der Waals surface area contributed by atoms with Crippen molar-refractivity contribution < 1.29 is 13.2 Å². The number of tetrazole rings is 1. The van der Waals surface area contributed by atoms with Crippen LogP contribution in [0.4, 0.5) is 13.2 Å². The molecular weight excluding hydrogens is 431 g/mol. The summed E-state index contributed by atoms with van der Waals surface area (Å²) in [6, 6.07) is 13.3. The van der Waals surface area contributed by atoms with Crippen LogP contribution in [-0.4, -0.2) is 25.6 Å². The molecule has 0 aliphatic carbocycles.